The van der Waals surface area contributed by atoms with Gasteiger partial charge < -0.3 is 0 Å². The number of allylic oxidation sites excluding steroid dienone is 2. The lowest BCUT2D eigenvalue weighted by molar-refractivity contribution is -0.115. The molecule has 0 amide bonds. The number of ketones is 1. The highest BCUT2D eigenvalue weighted by Crippen LogP contribution is 2.42. The van der Waals surface area contributed by atoms with Crippen LogP contribution in [0.15, 0.2) is 39.6 Å². The molecule has 1 heterocycles. The Morgan fingerprint density at radius 3 is 2.71 bits per heavy atom. The van der Waals surface area contributed by atoms with Crippen molar-refractivity contribution in [2.45, 2.75) is 44.4 Å². The van der Waals surface area contributed by atoms with E-state index >= 15 is 0 Å². The van der Waals surface area contributed by atoms with Crippen LogP contribution >= 0.6 is 11.8 Å². The van der Waals surface area contributed by atoms with E-state index in [0.717, 1.165) is 30.6 Å². The number of fused-ring (bicyclic) bond motifs is 1. The molecule has 0 fully saturated rings. The van der Waals surface area contributed by atoms with E-state index in [9.17, 15) is 4.79 Å². The van der Waals surface area contributed by atoms with Crippen LogP contribution in [0.5, 0.6) is 0 Å². The van der Waals surface area contributed by atoms with Gasteiger partial charge in [-0.1, -0.05) is 43.8 Å². The van der Waals surface area contributed by atoms with Crippen molar-refractivity contribution in [1.29, 1.82) is 0 Å². The Hall–Kier alpha value is -1.02. The molecule has 2 aliphatic rings. The molecule has 17 heavy (non-hydrogen) atoms. The summed E-state index contributed by atoms with van der Waals surface area (Å²) in [5.74, 6) is 0.357. The van der Waals surface area contributed by atoms with Crippen molar-refractivity contribution < 1.29 is 4.79 Å². The van der Waals surface area contributed by atoms with Gasteiger partial charge in [-0.3, -0.25) is 4.79 Å². The molecule has 0 radical (unpaired) electrons. The van der Waals surface area contributed by atoms with Crippen molar-refractivity contribution in [3.05, 3.63) is 40.3 Å². The Bertz CT molecular complexity index is 460. The minimum absolute atomic E-state index is 0.357. The zero-order valence-electron chi connectivity index (χ0n) is 10.5. The molecule has 2 heteroatoms. The summed E-state index contributed by atoms with van der Waals surface area (Å²) in [4.78, 5) is 14.1. The van der Waals surface area contributed by atoms with Crippen LogP contribution in [0.2, 0.25) is 0 Å². The Morgan fingerprint density at radius 2 is 1.88 bits per heavy atom. The highest BCUT2D eigenvalue weighted by atomic mass is 32.2. The monoisotopic (exact) mass is 246 g/mol. The van der Waals surface area contributed by atoms with Crippen LogP contribution in [0.3, 0.4) is 0 Å². The largest absolute Gasteiger partial charge is 0.294 e. The van der Waals surface area contributed by atoms with E-state index in [-0.39, 0.29) is 0 Å². The summed E-state index contributed by atoms with van der Waals surface area (Å²) in [6.45, 7) is 4.00. The summed E-state index contributed by atoms with van der Waals surface area (Å²) in [6.07, 6.45) is 3.89. The predicted octanol–water partition coefficient (Wildman–Crippen LogP) is 4.37. The number of hydrogen-bond acceptors (Lipinski definition) is 2. The number of Topliss-reactive ketones (excluding diaryl/α,β-unsaturated/α-hetero) is 1. The van der Waals surface area contributed by atoms with Gasteiger partial charge in [0, 0.05) is 11.3 Å². The van der Waals surface area contributed by atoms with Crippen molar-refractivity contribution in [1.82, 2.24) is 0 Å². The molecule has 90 valence electrons. The van der Waals surface area contributed by atoms with E-state index < -0.39 is 0 Å². The Kier molecular flexibility index (Phi) is 4.06. The van der Waals surface area contributed by atoms with E-state index in [1.54, 1.807) is 11.8 Å². The molecule has 3 rings (SSSR count). The molecule has 1 aliphatic carbocycles. The lowest BCUT2D eigenvalue weighted by Crippen LogP contribution is -2.14. The molecule has 0 atom stereocenters. The molecule has 0 N–H and O–H groups in total. The van der Waals surface area contributed by atoms with Gasteiger partial charge in [-0.25, -0.2) is 0 Å². The predicted molar refractivity (Wildman–Crippen MR) is 73.2 cm³/mol. The van der Waals surface area contributed by atoms with Gasteiger partial charge in [-0.2, -0.15) is 0 Å². The second-order valence-electron chi connectivity index (χ2n) is 4.10. The van der Waals surface area contributed by atoms with Crippen LogP contribution in [0.25, 0.3) is 0 Å². The second kappa shape index (κ2) is 5.54. The summed E-state index contributed by atoms with van der Waals surface area (Å²) >= 11 is 1.68. The fourth-order valence-electron chi connectivity index (χ4n) is 2.27. The van der Waals surface area contributed by atoms with Crippen molar-refractivity contribution in [3.8, 4) is 0 Å². The maximum absolute atomic E-state index is 11.8. The van der Waals surface area contributed by atoms with Gasteiger partial charge in [0.1, 0.15) is 0 Å². The number of thioether (sulfide) groups is 1. The lowest BCUT2D eigenvalue weighted by Gasteiger charge is -2.24. The SMILES string of the molecule is CC.O=C1CCCC2=C1Sc1ccccc1C2. The number of hydrogen-bond donors (Lipinski definition) is 0. The smallest absolute Gasteiger partial charge is 0.169 e. The van der Waals surface area contributed by atoms with Crippen molar-refractivity contribution >= 4 is 17.5 Å². The summed E-state index contributed by atoms with van der Waals surface area (Å²) < 4.78 is 0. The molecule has 0 aromatic heterocycles. The molecule has 0 saturated heterocycles. The van der Waals surface area contributed by atoms with E-state index in [1.165, 1.54) is 16.0 Å². The minimum Gasteiger partial charge on any atom is -0.294 e. The quantitative estimate of drug-likeness (QED) is 0.676. The van der Waals surface area contributed by atoms with Gasteiger partial charge in [0.2, 0.25) is 0 Å². The van der Waals surface area contributed by atoms with E-state index in [2.05, 4.69) is 18.2 Å². The molecule has 0 spiro atoms. The standard InChI is InChI=1S/C13H12OS.C2H6/c14-11-6-3-5-10-8-9-4-1-2-7-12(9)15-13(10)11;1-2/h1-2,4,7H,3,5-6,8H2;1-2H3. The van der Waals surface area contributed by atoms with Crippen LogP contribution in [0.1, 0.15) is 38.7 Å². The van der Waals surface area contributed by atoms with Crippen molar-refractivity contribution in [3.63, 3.8) is 0 Å². The Labute approximate surface area is 107 Å². The maximum Gasteiger partial charge on any atom is 0.169 e. The summed E-state index contributed by atoms with van der Waals surface area (Å²) in [5, 5.41) is 0. The first-order valence-electron chi connectivity index (χ1n) is 6.35. The number of carbonyl (C=O) groups excluding carboxylic acids is 1. The Balaban J connectivity index is 0.000000514. The first-order chi connectivity index (χ1) is 8.34. The topological polar surface area (TPSA) is 17.1 Å². The Morgan fingerprint density at radius 1 is 1.12 bits per heavy atom. The van der Waals surface area contributed by atoms with E-state index in [1.807, 2.05) is 19.9 Å². The van der Waals surface area contributed by atoms with Gasteiger partial charge in [0.25, 0.3) is 0 Å². The van der Waals surface area contributed by atoms with Crippen molar-refractivity contribution in [2.24, 2.45) is 0 Å². The average molecular weight is 246 g/mol. The number of rotatable bonds is 0. The molecule has 1 aromatic rings. The molecule has 0 bridgehead atoms. The number of carbonyl (C=O) groups is 1. The van der Waals surface area contributed by atoms with Gasteiger partial charge in [0.15, 0.2) is 5.78 Å². The zero-order chi connectivity index (χ0) is 12.3. The molecule has 0 saturated carbocycles. The van der Waals surface area contributed by atoms with Crippen molar-refractivity contribution in [2.75, 3.05) is 0 Å². The van der Waals surface area contributed by atoms with Crippen LogP contribution in [0, 0.1) is 0 Å². The van der Waals surface area contributed by atoms with Crippen LogP contribution in [-0.2, 0) is 11.2 Å². The molecular formula is C15H18OS. The van der Waals surface area contributed by atoms with Gasteiger partial charge in [0.05, 0.1) is 4.91 Å². The fourth-order valence-corrected chi connectivity index (χ4v) is 3.45. The summed E-state index contributed by atoms with van der Waals surface area (Å²) in [5.41, 5.74) is 2.76. The molecule has 1 aliphatic heterocycles. The summed E-state index contributed by atoms with van der Waals surface area (Å²) in [7, 11) is 0. The third kappa shape index (κ3) is 2.47. The third-order valence-electron chi connectivity index (χ3n) is 3.05. The average Bonchev–Trinajstić information content (AvgIpc) is 2.40. The van der Waals surface area contributed by atoms with Gasteiger partial charge >= 0.3 is 0 Å². The minimum atomic E-state index is 0.357. The first-order valence-corrected chi connectivity index (χ1v) is 7.17. The maximum atomic E-state index is 11.8. The van der Waals surface area contributed by atoms with E-state index in [4.69, 9.17) is 0 Å². The zero-order valence-corrected chi connectivity index (χ0v) is 11.3. The number of benzene rings is 1. The summed E-state index contributed by atoms with van der Waals surface area (Å²) in [6, 6.07) is 8.41. The third-order valence-corrected chi connectivity index (χ3v) is 4.38. The van der Waals surface area contributed by atoms with Gasteiger partial charge in [-0.05, 0) is 36.5 Å². The first kappa shape index (κ1) is 12.4. The molecule has 0 unspecified atom stereocenters. The molecule has 1 nitrogen and oxygen atoms in total. The molecule has 1 aromatic carbocycles. The fraction of sp³-hybridized carbons (Fsp3) is 0.400. The molecular weight excluding hydrogens is 228 g/mol. The normalized spacial score (nSPS) is 17.9. The van der Waals surface area contributed by atoms with Crippen LogP contribution in [-0.4, -0.2) is 5.78 Å². The van der Waals surface area contributed by atoms with Gasteiger partial charge in [-0.15, -0.1) is 0 Å². The van der Waals surface area contributed by atoms with Crippen LogP contribution in [0.4, 0.5) is 0 Å². The second-order valence-corrected chi connectivity index (χ2v) is 5.15. The van der Waals surface area contributed by atoms with Crippen LogP contribution < -0.4 is 0 Å². The highest BCUT2D eigenvalue weighted by Gasteiger charge is 2.26. The lowest BCUT2D eigenvalue weighted by atomic mass is 9.93. The van der Waals surface area contributed by atoms with E-state index in [0.29, 0.717) is 5.78 Å². The highest BCUT2D eigenvalue weighted by molar-refractivity contribution is 8.04.